The summed E-state index contributed by atoms with van der Waals surface area (Å²) in [5, 5.41) is 8.11. The maximum atomic E-state index is 3.59. The predicted octanol–water partition coefficient (Wildman–Crippen LogP) is 3.35. The van der Waals surface area contributed by atoms with Gasteiger partial charge in [-0.3, -0.25) is 4.90 Å². The van der Waals surface area contributed by atoms with Crippen molar-refractivity contribution in [3.8, 4) is 0 Å². The molecule has 2 nitrogen and oxygen atoms in total. The molecule has 3 rings (SSSR count). The molecule has 0 radical (unpaired) electrons. The van der Waals surface area contributed by atoms with Crippen molar-refractivity contribution in [2.24, 2.45) is 11.3 Å². The average Bonchev–Trinajstić information content (AvgIpc) is 2.90. The van der Waals surface area contributed by atoms with Crippen LogP contribution in [0.25, 0.3) is 0 Å². The summed E-state index contributed by atoms with van der Waals surface area (Å²) in [4.78, 5) is 2.76. The van der Waals surface area contributed by atoms with Crippen LogP contribution in [-0.2, 0) is 6.54 Å². The number of hydrogen-bond donors (Lipinski definition) is 1. The summed E-state index contributed by atoms with van der Waals surface area (Å²) < 4.78 is 0. The minimum atomic E-state index is 0.499. The van der Waals surface area contributed by atoms with Gasteiger partial charge in [0.2, 0.25) is 0 Å². The molecule has 0 bridgehead atoms. The monoisotopic (exact) mass is 278 g/mol. The summed E-state index contributed by atoms with van der Waals surface area (Å²) in [6.07, 6.45) is 4.16. The lowest BCUT2D eigenvalue weighted by Crippen LogP contribution is -2.43. The summed E-state index contributed by atoms with van der Waals surface area (Å²) in [6, 6.07) is 3.14. The lowest BCUT2D eigenvalue weighted by Gasteiger charge is -2.38. The van der Waals surface area contributed by atoms with E-state index < -0.39 is 0 Å². The maximum absolute atomic E-state index is 3.59. The molecule has 1 atom stereocenters. The van der Waals surface area contributed by atoms with Crippen molar-refractivity contribution >= 4 is 11.3 Å². The van der Waals surface area contributed by atoms with E-state index in [0.717, 1.165) is 18.5 Å². The molecule has 1 N–H and O–H groups in total. The predicted molar refractivity (Wildman–Crippen MR) is 82.5 cm³/mol. The van der Waals surface area contributed by atoms with E-state index >= 15 is 0 Å². The van der Waals surface area contributed by atoms with Gasteiger partial charge in [0.05, 0.1) is 0 Å². The highest BCUT2D eigenvalue weighted by Gasteiger charge is 2.41. The minimum absolute atomic E-state index is 0.499. The van der Waals surface area contributed by atoms with Crippen molar-refractivity contribution in [3.63, 3.8) is 0 Å². The quantitative estimate of drug-likeness (QED) is 0.858. The van der Waals surface area contributed by atoms with Crippen LogP contribution >= 0.6 is 11.3 Å². The Labute approximate surface area is 121 Å². The smallest absolute Gasteiger partial charge is 0.0245 e. The van der Waals surface area contributed by atoms with Gasteiger partial charge >= 0.3 is 0 Å². The lowest BCUT2D eigenvalue weighted by molar-refractivity contribution is 0.106. The number of rotatable bonds is 6. The first kappa shape index (κ1) is 13.6. The number of thiophene rings is 1. The Balaban J connectivity index is 1.70. The van der Waals surface area contributed by atoms with Crippen LogP contribution in [-0.4, -0.2) is 30.6 Å². The van der Waals surface area contributed by atoms with Gasteiger partial charge in [0.1, 0.15) is 0 Å². The Morgan fingerprint density at radius 2 is 2.32 bits per heavy atom. The van der Waals surface area contributed by atoms with Crippen LogP contribution in [0.1, 0.15) is 38.7 Å². The maximum Gasteiger partial charge on any atom is 0.0245 e. The summed E-state index contributed by atoms with van der Waals surface area (Å²) in [6.45, 7) is 9.65. The van der Waals surface area contributed by atoms with Crippen molar-refractivity contribution in [2.45, 2.75) is 45.7 Å². The SMILES string of the molecule is CC(C)C1(CN(Cc2ccsc2)C2CC2)CCNC1. The Hall–Kier alpha value is -0.380. The fraction of sp³-hybridized carbons (Fsp3) is 0.750. The van der Waals surface area contributed by atoms with Crippen LogP contribution in [0.2, 0.25) is 0 Å². The van der Waals surface area contributed by atoms with Gasteiger partial charge < -0.3 is 5.32 Å². The Kier molecular flexibility index (Phi) is 3.97. The molecular weight excluding hydrogens is 252 g/mol. The van der Waals surface area contributed by atoms with Gasteiger partial charge in [-0.05, 0) is 59.5 Å². The third kappa shape index (κ3) is 3.04. The first-order valence-corrected chi connectivity index (χ1v) is 8.60. The van der Waals surface area contributed by atoms with Gasteiger partial charge in [0.25, 0.3) is 0 Å². The molecule has 1 aliphatic carbocycles. The van der Waals surface area contributed by atoms with Crippen LogP contribution in [0.4, 0.5) is 0 Å². The molecule has 2 fully saturated rings. The minimum Gasteiger partial charge on any atom is -0.316 e. The number of nitrogens with zero attached hydrogens (tertiary/aromatic N) is 1. The van der Waals surface area contributed by atoms with E-state index in [-0.39, 0.29) is 0 Å². The molecule has 1 aliphatic heterocycles. The zero-order valence-electron chi connectivity index (χ0n) is 12.2. The standard InChI is InChI=1S/C16H26N2S/c1-13(2)16(6-7-17-11-16)12-18(15-3-4-15)9-14-5-8-19-10-14/h5,8,10,13,15,17H,3-4,6-7,9,11-12H2,1-2H3. The Morgan fingerprint density at radius 1 is 1.47 bits per heavy atom. The first-order chi connectivity index (χ1) is 9.20. The molecule has 0 spiro atoms. The molecule has 1 unspecified atom stereocenters. The molecule has 1 saturated heterocycles. The van der Waals surface area contributed by atoms with Crippen molar-refractivity contribution in [1.29, 1.82) is 0 Å². The molecule has 1 aromatic heterocycles. The molecule has 1 saturated carbocycles. The van der Waals surface area contributed by atoms with E-state index in [0.29, 0.717) is 5.41 Å². The van der Waals surface area contributed by atoms with E-state index in [1.807, 2.05) is 11.3 Å². The first-order valence-electron chi connectivity index (χ1n) is 7.65. The average molecular weight is 278 g/mol. The second-order valence-electron chi connectivity index (χ2n) is 6.71. The van der Waals surface area contributed by atoms with Crippen LogP contribution in [0.5, 0.6) is 0 Å². The lowest BCUT2D eigenvalue weighted by atomic mass is 9.76. The summed E-state index contributed by atoms with van der Waals surface area (Å²) in [5.74, 6) is 0.770. The van der Waals surface area contributed by atoms with Crippen LogP contribution in [0, 0.1) is 11.3 Å². The van der Waals surface area contributed by atoms with E-state index in [1.54, 1.807) is 0 Å². The normalized spacial score (nSPS) is 27.6. The van der Waals surface area contributed by atoms with Crippen molar-refractivity contribution in [3.05, 3.63) is 22.4 Å². The molecule has 19 heavy (non-hydrogen) atoms. The highest BCUT2D eigenvalue weighted by Crippen LogP contribution is 2.39. The van der Waals surface area contributed by atoms with Gasteiger partial charge in [-0.15, -0.1) is 0 Å². The van der Waals surface area contributed by atoms with Gasteiger partial charge in [0.15, 0.2) is 0 Å². The summed E-state index contributed by atoms with van der Waals surface area (Å²) >= 11 is 1.82. The second kappa shape index (κ2) is 5.55. The molecule has 2 aliphatic rings. The molecule has 2 heterocycles. The van der Waals surface area contributed by atoms with E-state index in [1.165, 1.54) is 44.5 Å². The zero-order chi connectivity index (χ0) is 13.3. The largest absolute Gasteiger partial charge is 0.316 e. The number of nitrogens with one attached hydrogen (secondary N) is 1. The van der Waals surface area contributed by atoms with E-state index in [2.05, 4.69) is 40.9 Å². The van der Waals surface area contributed by atoms with Crippen LogP contribution in [0.3, 0.4) is 0 Å². The molecule has 106 valence electrons. The second-order valence-corrected chi connectivity index (χ2v) is 7.49. The van der Waals surface area contributed by atoms with Gasteiger partial charge in [-0.1, -0.05) is 13.8 Å². The number of hydrogen-bond acceptors (Lipinski definition) is 3. The Morgan fingerprint density at radius 3 is 2.84 bits per heavy atom. The molecule has 1 aromatic rings. The van der Waals surface area contributed by atoms with Gasteiger partial charge in [-0.25, -0.2) is 0 Å². The van der Waals surface area contributed by atoms with E-state index in [9.17, 15) is 0 Å². The summed E-state index contributed by atoms with van der Waals surface area (Å²) in [7, 11) is 0. The van der Waals surface area contributed by atoms with Crippen LogP contribution in [0.15, 0.2) is 16.8 Å². The zero-order valence-corrected chi connectivity index (χ0v) is 13.0. The van der Waals surface area contributed by atoms with E-state index in [4.69, 9.17) is 0 Å². The fourth-order valence-corrected chi connectivity index (χ4v) is 4.01. The topological polar surface area (TPSA) is 15.3 Å². The molecule has 0 amide bonds. The van der Waals surface area contributed by atoms with Gasteiger partial charge in [0, 0.05) is 25.7 Å². The van der Waals surface area contributed by atoms with Gasteiger partial charge in [-0.2, -0.15) is 11.3 Å². The molecule has 0 aromatic carbocycles. The highest BCUT2D eigenvalue weighted by molar-refractivity contribution is 7.07. The Bertz CT molecular complexity index is 389. The highest BCUT2D eigenvalue weighted by atomic mass is 32.1. The third-order valence-electron chi connectivity index (χ3n) is 5.05. The van der Waals surface area contributed by atoms with Crippen molar-refractivity contribution < 1.29 is 0 Å². The van der Waals surface area contributed by atoms with Crippen molar-refractivity contribution in [1.82, 2.24) is 10.2 Å². The van der Waals surface area contributed by atoms with Crippen LogP contribution < -0.4 is 5.32 Å². The molecule has 3 heteroatoms. The summed E-state index contributed by atoms with van der Waals surface area (Å²) in [5.41, 5.74) is 2.00. The third-order valence-corrected chi connectivity index (χ3v) is 5.78. The molecular formula is C16H26N2S. The fourth-order valence-electron chi connectivity index (χ4n) is 3.35. The van der Waals surface area contributed by atoms with Crippen molar-refractivity contribution in [2.75, 3.05) is 19.6 Å².